The summed E-state index contributed by atoms with van der Waals surface area (Å²) in [5.41, 5.74) is -0.520. The van der Waals surface area contributed by atoms with Crippen molar-refractivity contribution in [3.05, 3.63) is 43.7 Å². The van der Waals surface area contributed by atoms with E-state index in [9.17, 15) is 14.9 Å². The molecule has 0 unspecified atom stereocenters. The first-order valence-electron chi connectivity index (χ1n) is 5.13. The maximum absolute atomic E-state index is 12.0. The zero-order chi connectivity index (χ0) is 14.9. The van der Waals surface area contributed by atoms with E-state index in [2.05, 4.69) is 15.5 Å². The molecule has 1 N–H and O–H groups in total. The second kappa shape index (κ2) is 5.43. The molecule has 0 fully saturated rings. The highest BCUT2D eigenvalue weighted by Gasteiger charge is 2.20. The average molecular weight is 317 g/mol. The highest BCUT2D eigenvalue weighted by atomic mass is 35.5. The fourth-order valence-electron chi connectivity index (χ4n) is 1.36. The van der Waals surface area contributed by atoms with Crippen LogP contribution in [0.2, 0.25) is 10.0 Å². The van der Waals surface area contributed by atoms with Gasteiger partial charge in [0.05, 0.1) is 20.5 Å². The molecule has 0 aliphatic carbocycles. The summed E-state index contributed by atoms with van der Waals surface area (Å²) in [5, 5.41) is 19.9. The van der Waals surface area contributed by atoms with Gasteiger partial charge in [-0.1, -0.05) is 28.3 Å². The maximum atomic E-state index is 12.0. The molecule has 104 valence electrons. The number of amides is 1. The number of benzene rings is 1. The number of nitrogens with zero attached hydrogens (tertiary/aromatic N) is 3. The van der Waals surface area contributed by atoms with Crippen molar-refractivity contribution in [2.45, 2.75) is 6.92 Å². The van der Waals surface area contributed by atoms with Crippen molar-refractivity contribution in [1.82, 2.24) is 10.2 Å². The number of halogens is 2. The Morgan fingerprint density at radius 2 is 2.10 bits per heavy atom. The predicted molar refractivity (Wildman–Crippen MR) is 70.1 cm³/mol. The monoisotopic (exact) mass is 316 g/mol. The predicted octanol–water partition coefficient (Wildman–Crippen LogP) is 2.85. The highest BCUT2D eigenvalue weighted by Crippen LogP contribution is 2.31. The lowest BCUT2D eigenvalue weighted by Crippen LogP contribution is -2.13. The smallest absolute Gasteiger partial charge is 0.322 e. The molecule has 0 saturated heterocycles. The number of rotatable bonds is 3. The van der Waals surface area contributed by atoms with E-state index >= 15 is 0 Å². The van der Waals surface area contributed by atoms with E-state index in [1.165, 1.54) is 0 Å². The summed E-state index contributed by atoms with van der Waals surface area (Å²) in [5.74, 6) is -0.493. The lowest BCUT2D eigenvalue weighted by molar-refractivity contribution is -0.384. The molecule has 1 heterocycles. The Morgan fingerprint density at radius 1 is 1.40 bits per heavy atom. The van der Waals surface area contributed by atoms with E-state index in [1.54, 1.807) is 6.92 Å². The molecule has 0 spiro atoms. The lowest BCUT2D eigenvalue weighted by Gasteiger charge is -2.05. The summed E-state index contributed by atoms with van der Waals surface area (Å²) in [7, 11) is 0. The van der Waals surface area contributed by atoms with Gasteiger partial charge in [-0.15, -0.1) is 5.10 Å². The van der Waals surface area contributed by atoms with Crippen molar-refractivity contribution >= 4 is 40.8 Å². The third kappa shape index (κ3) is 2.86. The minimum Gasteiger partial charge on any atom is -0.408 e. The zero-order valence-corrected chi connectivity index (χ0v) is 11.4. The van der Waals surface area contributed by atoms with Crippen molar-refractivity contribution in [3.8, 4) is 0 Å². The number of anilines is 1. The van der Waals surface area contributed by atoms with Gasteiger partial charge >= 0.3 is 6.01 Å². The van der Waals surface area contributed by atoms with Crippen LogP contribution in [-0.2, 0) is 0 Å². The number of hydrogen-bond acceptors (Lipinski definition) is 6. The van der Waals surface area contributed by atoms with Crippen LogP contribution in [0.25, 0.3) is 0 Å². The van der Waals surface area contributed by atoms with Gasteiger partial charge in [-0.25, -0.2) is 0 Å². The van der Waals surface area contributed by atoms with Crippen LogP contribution in [0.1, 0.15) is 16.2 Å². The average Bonchev–Trinajstić information content (AvgIpc) is 2.77. The Labute approximate surface area is 121 Å². The van der Waals surface area contributed by atoms with Crippen molar-refractivity contribution in [2.24, 2.45) is 0 Å². The lowest BCUT2D eigenvalue weighted by atomic mass is 10.2. The highest BCUT2D eigenvalue weighted by molar-refractivity contribution is 6.44. The van der Waals surface area contributed by atoms with E-state index in [0.29, 0.717) is 0 Å². The van der Waals surface area contributed by atoms with Gasteiger partial charge in [-0.05, 0) is 0 Å². The van der Waals surface area contributed by atoms with Gasteiger partial charge < -0.3 is 4.42 Å². The molecule has 1 aromatic heterocycles. The summed E-state index contributed by atoms with van der Waals surface area (Å²) in [6.45, 7) is 1.54. The Bertz CT molecular complexity index is 701. The molecule has 0 saturated carbocycles. The van der Waals surface area contributed by atoms with Gasteiger partial charge in [0.15, 0.2) is 0 Å². The molecule has 2 rings (SSSR count). The van der Waals surface area contributed by atoms with E-state index in [1.807, 2.05) is 0 Å². The van der Waals surface area contributed by atoms with Crippen LogP contribution in [0.15, 0.2) is 16.5 Å². The van der Waals surface area contributed by atoms with Crippen LogP contribution in [0.5, 0.6) is 0 Å². The van der Waals surface area contributed by atoms with Crippen LogP contribution in [0.4, 0.5) is 11.7 Å². The number of hydrogen-bond donors (Lipinski definition) is 1. The van der Waals surface area contributed by atoms with E-state index in [-0.39, 0.29) is 33.2 Å². The number of aryl methyl sites for hydroxylation is 1. The Kier molecular flexibility index (Phi) is 3.86. The molecule has 2 aromatic rings. The molecule has 0 aliphatic heterocycles. The Hall–Kier alpha value is -2.19. The fourth-order valence-corrected chi connectivity index (χ4v) is 1.77. The van der Waals surface area contributed by atoms with Gasteiger partial charge in [0.1, 0.15) is 0 Å². The first-order valence-corrected chi connectivity index (χ1v) is 5.89. The van der Waals surface area contributed by atoms with Gasteiger partial charge in [-0.3, -0.25) is 20.2 Å². The van der Waals surface area contributed by atoms with Crippen LogP contribution < -0.4 is 5.32 Å². The number of nitro benzene ring substituents is 1. The van der Waals surface area contributed by atoms with Crippen LogP contribution >= 0.6 is 23.2 Å². The van der Waals surface area contributed by atoms with Crippen LogP contribution in [0, 0.1) is 17.0 Å². The standard InChI is InChI=1S/C10H6Cl2N4O4/c1-4-14-15-10(20-4)13-9(17)6-2-5(16(18)19)3-7(11)8(6)12/h2-3H,1H3,(H,13,15,17). The molecule has 20 heavy (non-hydrogen) atoms. The largest absolute Gasteiger partial charge is 0.408 e. The number of carbonyl (C=O) groups is 1. The Morgan fingerprint density at radius 3 is 2.65 bits per heavy atom. The van der Waals surface area contributed by atoms with Crippen molar-refractivity contribution < 1.29 is 14.1 Å². The fraction of sp³-hybridized carbons (Fsp3) is 0.100. The van der Waals surface area contributed by atoms with Crippen molar-refractivity contribution in [3.63, 3.8) is 0 Å². The quantitative estimate of drug-likeness (QED) is 0.688. The molecular formula is C10H6Cl2N4O4. The summed E-state index contributed by atoms with van der Waals surface area (Å²) < 4.78 is 4.96. The minimum absolute atomic E-state index is 0.104. The van der Waals surface area contributed by atoms with Gasteiger partial charge in [0.2, 0.25) is 5.89 Å². The molecular weight excluding hydrogens is 311 g/mol. The number of nitrogens with one attached hydrogen (secondary N) is 1. The minimum atomic E-state index is -0.746. The number of non-ortho nitro benzene ring substituents is 1. The third-order valence-electron chi connectivity index (χ3n) is 2.21. The van der Waals surface area contributed by atoms with Crippen molar-refractivity contribution in [1.29, 1.82) is 0 Å². The second-order valence-electron chi connectivity index (χ2n) is 3.63. The molecule has 1 aromatic carbocycles. The van der Waals surface area contributed by atoms with E-state index in [0.717, 1.165) is 12.1 Å². The summed E-state index contributed by atoms with van der Waals surface area (Å²) in [4.78, 5) is 22.0. The van der Waals surface area contributed by atoms with Gasteiger partial charge in [-0.2, -0.15) is 0 Å². The summed E-state index contributed by atoms with van der Waals surface area (Å²) in [6.07, 6.45) is 0. The molecule has 0 radical (unpaired) electrons. The normalized spacial score (nSPS) is 10.3. The van der Waals surface area contributed by atoms with E-state index in [4.69, 9.17) is 27.6 Å². The van der Waals surface area contributed by atoms with Crippen LogP contribution in [0.3, 0.4) is 0 Å². The molecule has 0 atom stereocenters. The summed E-state index contributed by atoms with van der Waals surface area (Å²) in [6, 6.07) is 1.91. The first kappa shape index (κ1) is 14.2. The summed E-state index contributed by atoms with van der Waals surface area (Å²) >= 11 is 11.6. The molecule has 8 nitrogen and oxygen atoms in total. The SMILES string of the molecule is Cc1nnc(NC(=O)c2cc([N+](=O)[O-])cc(Cl)c2Cl)o1. The molecule has 0 aliphatic rings. The first-order chi connectivity index (χ1) is 9.38. The molecule has 10 heteroatoms. The number of nitro groups is 1. The molecule has 1 amide bonds. The maximum Gasteiger partial charge on any atom is 0.322 e. The third-order valence-corrected chi connectivity index (χ3v) is 3.02. The number of carbonyl (C=O) groups excluding carboxylic acids is 1. The van der Waals surface area contributed by atoms with E-state index < -0.39 is 10.8 Å². The topological polar surface area (TPSA) is 111 Å². The molecule has 0 bridgehead atoms. The van der Waals surface area contributed by atoms with Gasteiger partial charge in [0.25, 0.3) is 11.6 Å². The zero-order valence-electron chi connectivity index (χ0n) is 9.89. The van der Waals surface area contributed by atoms with Gasteiger partial charge in [0, 0.05) is 19.1 Å². The Balaban J connectivity index is 2.36. The van der Waals surface area contributed by atoms with Crippen LogP contribution in [-0.4, -0.2) is 21.0 Å². The second-order valence-corrected chi connectivity index (χ2v) is 4.41. The van der Waals surface area contributed by atoms with Crippen molar-refractivity contribution in [2.75, 3.05) is 5.32 Å². The number of aromatic nitrogens is 2.